The predicted molar refractivity (Wildman–Crippen MR) is 157 cm³/mol. The van der Waals surface area contributed by atoms with E-state index in [1.54, 1.807) is 0 Å². The van der Waals surface area contributed by atoms with Crippen molar-refractivity contribution in [2.45, 2.75) is 53.4 Å². The zero-order valence-electron chi connectivity index (χ0n) is 22.7. The van der Waals surface area contributed by atoms with Gasteiger partial charge in [0.15, 0.2) is 0 Å². The van der Waals surface area contributed by atoms with Gasteiger partial charge in [-0.25, -0.2) is 0 Å². The Morgan fingerprint density at radius 1 is 0.444 bits per heavy atom. The molecule has 0 aliphatic heterocycles. The molecule has 2 aliphatic rings. The van der Waals surface area contributed by atoms with Gasteiger partial charge in [-0.2, -0.15) is 0 Å². The van der Waals surface area contributed by atoms with Crippen LogP contribution in [0.25, 0.3) is 22.3 Å². The van der Waals surface area contributed by atoms with Crippen molar-refractivity contribution in [3.05, 3.63) is 138 Å². The van der Waals surface area contributed by atoms with E-state index in [4.69, 9.17) is 0 Å². The van der Waals surface area contributed by atoms with Crippen molar-refractivity contribution in [1.82, 2.24) is 0 Å². The van der Waals surface area contributed by atoms with E-state index >= 15 is 0 Å². The minimum atomic E-state index is 0.583. The maximum absolute atomic E-state index is 3.64. The van der Waals surface area contributed by atoms with E-state index in [0.29, 0.717) is 17.8 Å². The summed E-state index contributed by atoms with van der Waals surface area (Å²) in [5.41, 5.74) is 13.8. The van der Waals surface area contributed by atoms with Gasteiger partial charge in [0.1, 0.15) is 0 Å². The quantitative estimate of drug-likeness (QED) is 0.236. The molecular weight excluding hydrogens is 432 g/mol. The molecular formula is C36H39. The zero-order valence-corrected chi connectivity index (χ0v) is 22.7. The highest BCUT2D eigenvalue weighted by atomic mass is 14.2. The van der Waals surface area contributed by atoms with Crippen LogP contribution in [0.4, 0.5) is 0 Å². The molecule has 0 bridgehead atoms. The Morgan fingerprint density at radius 3 is 1.14 bits per heavy atom. The van der Waals surface area contributed by atoms with E-state index in [1.807, 2.05) is 0 Å². The Labute approximate surface area is 219 Å². The van der Waals surface area contributed by atoms with E-state index < -0.39 is 0 Å². The smallest absolute Gasteiger partial charge is 0.0211 e. The van der Waals surface area contributed by atoms with Gasteiger partial charge in [-0.05, 0) is 73.4 Å². The Morgan fingerprint density at radius 2 is 0.778 bits per heavy atom. The van der Waals surface area contributed by atoms with E-state index in [0.717, 1.165) is 0 Å². The second-order valence-electron chi connectivity index (χ2n) is 10.9. The maximum Gasteiger partial charge on any atom is 0.0211 e. The fourth-order valence-electron chi connectivity index (χ4n) is 4.66. The SMILES string of the molecule is CC(C)c1ccc2c(c1)-c1cc(C(C)C)ccc1[CH]2.[CH2]C(C)C.[CH]1c2ccccc2-c2ccccc21. The third-order valence-electron chi connectivity index (χ3n) is 6.61. The van der Waals surface area contributed by atoms with Crippen LogP contribution in [0.3, 0.4) is 0 Å². The molecule has 0 unspecified atom stereocenters. The standard InChI is InChI=1S/C19H21.C13H9.C4H9/c1-12(2)14-5-7-16-9-17-8-6-15(13(3)4)11-19(17)18(16)10-14;1-3-7-12-10(5-1)9-11-6-2-4-8-13(11)12;1-4(2)3/h5-13H,1-4H3;1-9H;4H,1H2,2-3H3. The third kappa shape index (κ3) is 5.81. The first-order valence-corrected chi connectivity index (χ1v) is 13.2. The van der Waals surface area contributed by atoms with Crippen LogP contribution >= 0.6 is 0 Å². The highest BCUT2D eigenvalue weighted by molar-refractivity contribution is 5.82. The number of hydrogen-bond donors (Lipinski definition) is 0. The maximum atomic E-state index is 3.64. The van der Waals surface area contributed by atoms with Gasteiger partial charge in [0.25, 0.3) is 0 Å². The van der Waals surface area contributed by atoms with Crippen LogP contribution in [0, 0.1) is 25.7 Å². The highest BCUT2D eigenvalue weighted by Gasteiger charge is 2.20. The van der Waals surface area contributed by atoms with Crippen molar-refractivity contribution in [3.8, 4) is 22.3 Å². The summed E-state index contributed by atoms with van der Waals surface area (Å²) >= 11 is 0. The summed E-state index contributed by atoms with van der Waals surface area (Å²) in [5.74, 6) is 1.75. The van der Waals surface area contributed by atoms with Gasteiger partial charge in [0, 0.05) is 12.8 Å². The molecule has 0 heteroatoms. The molecule has 0 spiro atoms. The number of fused-ring (bicyclic) bond motifs is 6. The summed E-state index contributed by atoms with van der Waals surface area (Å²) in [6, 6.07) is 30.8. The van der Waals surface area contributed by atoms with Gasteiger partial charge in [-0.1, -0.05) is 133 Å². The van der Waals surface area contributed by atoms with Gasteiger partial charge in [-0.15, -0.1) is 0 Å². The van der Waals surface area contributed by atoms with Crippen molar-refractivity contribution in [3.63, 3.8) is 0 Å². The van der Waals surface area contributed by atoms with Crippen LogP contribution in [0.2, 0.25) is 0 Å². The fraction of sp³-hybridized carbons (Fsp3) is 0.250. The number of benzene rings is 4. The van der Waals surface area contributed by atoms with Crippen molar-refractivity contribution < 1.29 is 0 Å². The molecule has 4 aromatic rings. The molecule has 3 radical (unpaired) electrons. The summed E-state index contributed by atoms with van der Waals surface area (Å²) in [5, 5.41) is 0. The van der Waals surface area contributed by atoms with Gasteiger partial charge in [-0.3, -0.25) is 0 Å². The normalized spacial score (nSPS) is 12.3. The fourth-order valence-corrected chi connectivity index (χ4v) is 4.66. The first-order valence-electron chi connectivity index (χ1n) is 13.2. The van der Waals surface area contributed by atoms with Crippen LogP contribution in [-0.2, 0) is 0 Å². The summed E-state index contributed by atoms with van der Waals surface area (Å²) in [6.45, 7) is 16.8. The van der Waals surface area contributed by atoms with Gasteiger partial charge < -0.3 is 0 Å². The van der Waals surface area contributed by atoms with E-state index in [9.17, 15) is 0 Å². The molecule has 6 rings (SSSR count). The molecule has 183 valence electrons. The Kier molecular flexibility index (Phi) is 8.14. The monoisotopic (exact) mass is 471 g/mol. The zero-order chi connectivity index (χ0) is 25.8. The molecule has 0 saturated carbocycles. The molecule has 36 heavy (non-hydrogen) atoms. The summed E-state index contributed by atoms with van der Waals surface area (Å²) in [6.07, 6.45) is 4.55. The van der Waals surface area contributed by atoms with Crippen LogP contribution < -0.4 is 0 Å². The molecule has 0 fully saturated rings. The molecule has 0 saturated heterocycles. The van der Waals surface area contributed by atoms with E-state index in [-0.39, 0.29) is 0 Å². The van der Waals surface area contributed by atoms with Gasteiger partial charge in [0.05, 0.1) is 0 Å². The van der Waals surface area contributed by atoms with Crippen molar-refractivity contribution >= 4 is 0 Å². The van der Waals surface area contributed by atoms with Gasteiger partial charge >= 0.3 is 0 Å². The topological polar surface area (TPSA) is 0 Å². The Bertz CT molecular complexity index is 1220. The lowest BCUT2D eigenvalue weighted by atomic mass is 9.94. The Hall–Kier alpha value is -3.12. The molecule has 0 amide bonds. The molecule has 4 aromatic carbocycles. The summed E-state index contributed by atoms with van der Waals surface area (Å²) < 4.78 is 0. The van der Waals surface area contributed by atoms with Crippen LogP contribution in [0.1, 0.15) is 86.8 Å². The predicted octanol–water partition coefficient (Wildman–Crippen LogP) is 10.3. The summed E-state index contributed by atoms with van der Waals surface area (Å²) in [7, 11) is 0. The average molecular weight is 472 g/mol. The lowest BCUT2D eigenvalue weighted by molar-refractivity contribution is 0.827. The molecule has 0 nitrogen and oxygen atoms in total. The number of rotatable bonds is 2. The van der Waals surface area contributed by atoms with Gasteiger partial charge in [0.2, 0.25) is 0 Å². The lowest BCUT2D eigenvalue weighted by Crippen LogP contribution is -1.90. The van der Waals surface area contributed by atoms with Crippen molar-refractivity contribution in [1.29, 1.82) is 0 Å². The van der Waals surface area contributed by atoms with Crippen LogP contribution in [-0.4, -0.2) is 0 Å². The first kappa shape index (κ1) is 26.0. The first-order chi connectivity index (χ1) is 17.2. The molecule has 2 aliphatic carbocycles. The second kappa shape index (κ2) is 11.3. The second-order valence-corrected chi connectivity index (χ2v) is 10.9. The highest BCUT2D eigenvalue weighted by Crippen LogP contribution is 2.41. The van der Waals surface area contributed by atoms with E-state index in [1.165, 1.54) is 55.6 Å². The largest absolute Gasteiger partial charge is 0.0628 e. The lowest BCUT2D eigenvalue weighted by Gasteiger charge is -2.10. The average Bonchev–Trinajstić information content (AvgIpc) is 3.41. The minimum Gasteiger partial charge on any atom is -0.0628 e. The summed E-state index contributed by atoms with van der Waals surface area (Å²) in [4.78, 5) is 0. The third-order valence-corrected chi connectivity index (χ3v) is 6.61. The van der Waals surface area contributed by atoms with Crippen LogP contribution in [0.5, 0.6) is 0 Å². The molecule has 0 atom stereocenters. The van der Waals surface area contributed by atoms with Crippen molar-refractivity contribution in [2.75, 3.05) is 0 Å². The van der Waals surface area contributed by atoms with E-state index in [2.05, 4.69) is 146 Å². The van der Waals surface area contributed by atoms with Crippen molar-refractivity contribution in [2.24, 2.45) is 5.92 Å². The minimum absolute atomic E-state index is 0.583. The molecule has 0 heterocycles. The molecule has 0 N–H and O–H groups in total. The van der Waals surface area contributed by atoms with Crippen LogP contribution in [0.15, 0.2) is 84.9 Å². The number of hydrogen-bond acceptors (Lipinski definition) is 0. The molecule has 0 aromatic heterocycles. The Balaban J connectivity index is 0.000000155.